The molecular formula is C24H28N6O4S. The molecule has 1 amide bonds. The number of carbonyl (C=O) groups is 1. The molecule has 3 aromatic rings. The maximum Gasteiger partial charge on any atom is 0.281 e. The van der Waals surface area contributed by atoms with E-state index in [-0.39, 0.29) is 21.9 Å². The molecule has 1 saturated heterocycles. The molecule has 4 rings (SSSR count). The molecule has 1 aliphatic rings. The van der Waals surface area contributed by atoms with Crippen molar-refractivity contribution in [3.05, 3.63) is 54.2 Å². The van der Waals surface area contributed by atoms with Gasteiger partial charge in [0.15, 0.2) is 5.03 Å². The molecule has 0 aromatic carbocycles. The van der Waals surface area contributed by atoms with Crippen molar-refractivity contribution in [3.63, 3.8) is 0 Å². The smallest absolute Gasteiger partial charge is 0.281 e. The van der Waals surface area contributed by atoms with Gasteiger partial charge in [-0.15, -0.1) is 0 Å². The van der Waals surface area contributed by atoms with Crippen LogP contribution in [0.2, 0.25) is 0 Å². The van der Waals surface area contributed by atoms with Crippen LogP contribution in [0.25, 0.3) is 11.3 Å². The molecule has 3 N–H and O–H groups in total. The predicted molar refractivity (Wildman–Crippen MR) is 133 cm³/mol. The van der Waals surface area contributed by atoms with Crippen molar-refractivity contribution in [2.24, 2.45) is 5.92 Å². The zero-order valence-corrected chi connectivity index (χ0v) is 20.8. The second-order valence-corrected chi connectivity index (χ2v) is 10.9. The second kappa shape index (κ2) is 9.14. The monoisotopic (exact) mass is 496 g/mol. The van der Waals surface area contributed by atoms with Crippen LogP contribution in [0.4, 0.5) is 11.6 Å². The van der Waals surface area contributed by atoms with E-state index in [4.69, 9.17) is 10.5 Å². The van der Waals surface area contributed by atoms with Gasteiger partial charge in [-0.25, -0.2) is 19.7 Å². The van der Waals surface area contributed by atoms with E-state index in [1.54, 1.807) is 30.5 Å². The minimum absolute atomic E-state index is 0.0292. The summed E-state index contributed by atoms with van der Waals surface area (Å²) in [6.07, 6.45) is 2.53. The van der Waals surface area contributed by atoms with Crippen molar-refractivity contribution in [2.45, 2.75) is 37.8 Å². The van der Waals surface area contributed by atoms with E-state index < -0.39 is 15.9 Å². The summed E-state index contributed by atoms with van der Waals surface area (Å²) >= 11 is 0. The van der Waals surface area contributed by atoms with Crippen LogP contribution in [0, 0.1) is 5.92 Å². The Morgan fingerprint density at radius 3 is 2.60 bits per heavy atom. The number of sulfonamides is 1. The van der Waals surface area contributed by atoms with E-state index in [1.165, 1.54) is 25.3 Å². The SMILES string of the molecule is COc1cccc(-c2cnc(N3CC(C)CC3(C)C)c(C(=O)NS(=O)(=O)c3cccc(N)n3)c2)n1. The molecule has 0 spiro atoms. The van der Waals surface area contributed by atoms with Crippen LogP contribution in [0.3, 0.4) is 0 Å². The molecule has 4 heterocycles. The fourth-order valence-electron chi connectivity index (χ4n) is 4.44. The van der Waals surface area contributed by atoms with Gasteiger partial charge < -0.3 is 15.4 Å². The molecule has 0 saturated carbocycles. The average molecular weight is 497 g/mol. The molecule has 1 fully saturated rings. The standard InChI is InChI=1S/C24H28N6O4S/c1-15-12-24(2,3)30(14-15)22-17(11-16(13-26-22)18-7-5-9-20(27-18)34-4)23(31)29-35(32,33)21-10-6-8-19(25)28-21/h5-11,13,15H,12,14H2,1-4H3,(H2,25,28)(H,29,31). The summed E-state index contributed by atoms with van der Waals surface area (Å²) in [6.45, 7) is 6.96. The van der Waals surface area contributed by atoms with Crippen LogP contribution in [0.1, 0.15) is 37.6 Å². The Morgan fingerprint density at radius 2 is 1.94 bits per heavy atom. The lowest BCUT2D eigenvalue weighted by Gasteiger charge is -2.33. The summed E-state index contributed by atoms with van der Waals surface area (Å²) in [6, 6.07) is 11.0. The third-order valence-electron chi connectivity index (χ3n) is 5.92. The third kappa shape index (κ3) is 5.04. The van der Waals surface area contributed by atoms with Crippen molar-refractivity contribution < 1.29 is 17.9 Å². The number of methoxy groups -OCH3 is 1. The highest BCUT2D eigenvalue weighted by atomic mass is 32.2. The number of nitrogens with two attached hydrogens (primary N) is 1. The number of hydrogen-bond donors (Lipinski definition) is 2. The molecule has 0 radical (unpaired) electrons. The molecule has 0 bridgehead atoms. The van der Waals surface area contributed by atoms with Gasteiger partial charge in [-0.1, -0.05) is 19.1 Å². The number of ether oxygens (including phenoxy) is 1. The van der Waals surface area contributed by atoms with E-state index in [0.29, 0.717) is 35.4 Å². The number of nitrogen functional groups attached to an aromatic ring is 1. The molecule has 1 aliphatic heterocycles. The molecule has 1 unspecified atom stereocenters. The molecule has 10 nitrogen and oxygen atoms in total. The number of carbonyl (C=O) groups excluding carboxylic acids is 1. The van der Waals surface area contributed by atoms with Crippen LogP contribution < -0.4 is 20.1 Å². The minimum Gasteiger partial charge on any atom is -0.481 e. The van der Waals surface area contributed by atoms with Crippen LogP contribution in [0.5, 0.6) is 5.88 Å². The van der Waals surface area contributed by atoms with Crippen molar-refractivity contribution in [2.75, 3.05) is 24.3 Å². The number of pyridine rings is 3. The minimum atomic E-state index is -4.27. The summed E-state index contributed by atoms with van der Waals surface area (Å²) in [7, 11) is -2.76. The number of nitrogens with zero attached hydrogens (tertiary/aromatic N) is 4. The second-order valence-electron chi connectivity index (χ2n) is 9.23. The number of hydrogen-bond acceptors (Lipinski definition) is 9. The van der Waals surface area contributed by atoms with Gasteiger partial charge in [-0.3, -0.25) is 4.79 Å². The topological polar surface area (TPSA) is 140 Å². The van der Waals surface area contributed by atoms with Crippen LogP contribution >= 0.6 is 0 Å². The summed E-state index contributed by atoms with van der Waals surface area (Å²) in [5.74, 6) is 0.391. The maximum absolute atomic E-state index is 13.4. The normalized spacial score (nSPS) is 17.3. The van der Waals surface area contributed by atoms with Crippen molar-refractivity contribution in [3.8, 4) is 17.1 Å². The first kappa shape index (κ1) is 24.4. The first-order chi connectivity index (χ1) is 16.5. The van der Waals surface area contributed by atoms with E-state index in [0.717, 1.165) is 6.42 Å². The molecule has 35 heavy (non-hydrogen) atoms. The number of rotatable bonds is 6. The zero-order chi connectivity index (χ0) is 25.4. The first-order valence-corrected chi connectivity index (χ1v) is 12.6. The van der Waals surface area contributed by atoms with Gasteiger partial charge >= 0.3 is 0 Å². The van der Waals surface area contributed by atoms with Gasteiger partial charge in [0.1, 0.15) is 11.6 Å². The summed E-state index contributed by atoms with van der Waals surface area (Å²) in [4.78, 5) is 28.3. The molecule has 3 aromatic heterocycles. The van der Waals surface area contributed by atoms with E-state index in [9.17, 15) is 13.2 Å². The Balaban J connectivity index is 1.79. The number of aromatic nitrogens is 3. The van der Waals surface area contributed by atoms with Crippen molar-refractivity contribution in [1.29, 1.82) is 0 Å². The van der Waals surface area contributed by atoms with Crippen LogP contribution in [-0.4, -0.2) is 48.5 Å². The lowest BCUT2D eigenvalue weighted by atomic mass is 9.97. The van der Waals surface area contributed by atoms with E-state index in [1.807, 2.05) is 4.90 Å². The molecular weight excluding hydrogens is 468 g/mol. The lowest BCUT2D eigenvalue weighted by Crippen LogP contribution is -2.41. The summed E-state index contributed by atoms with van der Waals surface area (Å²) in [5.41, 5.74) is 6.55. The number of anilines is 2. The lowest BCUT2D eigenvalue weighted by molar-refractivity contribution is 0.0981. The first-order valence-electron chi connectivity index (χ1n) is 11.1. The van der Waals surface area contributed by atoms with Crippen molar-refractivity contribution in [1.82, 2.24) is 19.7 Å². The van der Waals surface area contributed by atoms with E-state index >= 15 is 0 Å². The Morgan fingerprint density at radius 1 is 1.20 bits per heavy atom. The fourth-order valence-corrected chi connectivity index (χ4v) is 5.38. The number of amides is 1. The Bertz CT molecular complexity index is 1380. The molecule has 1 atom stereocenters. The summed E-state index contributed by atoms with van der Waals surface area (Å²) in [5, 5.41) is -0.346. The average Bonchev–Trinajstić information content (AvgIpc) is 3.10. The highest BCUT2D eigenvalue weighted by molar-refractivity contribution is 7.90. The quantitative estimate of drug-likeness (QED) is 0.527. The molecule has 0 aliphatic carbocycles. The van der Waals surface area contributed by atoms with Crippen LogP contribution in [-0.2, 0) is 10.0 Å². The zero-order valence-electron chi connectivity index (χ0n) is 20.0. The fraction of sp³-hybridized carbons (Fsp3) is 0.333. The van der Waals surface area contributed by atoms with Gasteiger partial charge in [-0.05, 0) is 50.5 Å². The summed E-state index contributed by atoms with van der Waals surface area (Å²) < 4.78 is 33.1. The predicted octanol–water partition coefficient (Wildman–Crippen LogP) is 2.87. The van der Waals surface area contributed by atoms with Gasteiger partial charge in [0.05, 0.1) is 18.4 Å². The molecule has 184 valence electrons. The Hall–Kier alpha value is -3.73. The highest BCUT2D eigenvalue weighted by Crippen LogP contribution is 2.38. The van der Waals surface area contributed by atoms with Crippen molar-refractivity contribution >= 4 is 27.6 Å². The number of nitrogens with one attached hydrogen (secondary N) is 1. The highest BCUT2D eigenvalue weighted by Gasteiger charge is 2.39. The largest absolute Gasteiger partial charge is 0.481 e. The molecule has 11 heteroatoms. The van der Waals surface area contributed by atoms with E-state index in [2.05, 4.69) is 40.4 Å². The van der Waals surface area contributed by atoms with Gasteiger partial charge in [0, 0.05) is 29.9 Å². The van der Waals surface area contributed by atoms with Crippen LogP contribution in [0.15, 0.2) is 53.7 Å². The third-order valence-corrected chi connectivity index (χ3v) is 7.15. The van der Waals surface area contributed by atoms with Gasteiger partial charge in [0.2, 0.25) is 5.88 Å². The Labute approximate surface area is 204 Å². The van der Waals surface area contributed by atoms with Gasteiger partial charge in [-0.2, -0.15) is 8.42 Å². The van der Waals surface area contributed by atoms with Gasteiger partial charge in [0.25, 0.3) is 15.9 Å². The Kier molecular flexibility index (Phi) is 6.37. The maximum atomic E-state index is 13.4.